The molecule has 0 saturated carbocycles. The Kier molecular flexibility index (Phi) is 4.44. The van der Waals surface area contributed by atoms with Gasteiger partial charge in [0, 0.05) is 10.9 Å². The molecular formula is C18H14ClNO3. The molecule has 0 saturated heterocycles. The molecule has 2 aromatic carbocycles. The van der Waals surface area contributed by atoms with Crippen LogP contribution in [0.4, 0.5) is 0 Å². The summed E-state index contributed by atoms with van der Waals surface area (Å²) in [5.41, 5.74) is 1.94. The normalized spacial score (nSPS) is 10.5. The van der Waals surface area contributed by atoms with Gasteiger partial charge in [-0.05, 0) is 36.4 Å². The van der Waals surface area contributed by atoms with Crippen LogP contribution in [0.15, 0.2) is 54.6 Å². The third kappa shape index (κ3) is 3.43. The number of halogens is 1. The Morgan fingerprint density at radius 3 is 2.61 bits per heavy atom. The number of esters is 1. The molecule has 4 nitrogen and oxygen atoms in total. The van der Waals surface area contributed by atoms with Crippen molar-refractivity contribution in [2.24, 2.45) is 0 Å². The molecule has 23 heavy (non-hydrogen) atoms. The highest BCUT2D eigenvalue weighted by Crippen LogP contribution is 2.21. The quantitative estimate of drug-likeness (QED) is 0.531. The van der Waals surface area contributed by atoms with Gasteiger partial charge in [-0.2, -0.15) is 0 Å². The number of methoxy groups -OCH3 is 1. The van der Waals surface area contributed by atoms with E-state index in [1.165, 1.54) is 0 Å². The van der Waals surface area contributed by atoms with E-state index in [0.717, 1.165) is 10.9 Å². The number of benzene rings is 2. The molecular weight excluding hydrogens is 314 g/mol. The zero-order chi connectivity index (χ0) is 16.2. The van der Waals surface area contributed by atoms with Crippen LogP contribution in [0.2, 0.25) is 5.15 Å². The van der Waals surface area contributed by atoms with Gasteiger partial charge in [-0.15, -0.1) is 0 Å². The lowest BCUT2D eigenvalue weighted by Gasteiger charge is -2.08. The summed E-state index contributed by atoms with van der Waals surface area (Å²) in [5.74, 6) is 0.264. The van der Waals surface area contributed by atoms with Crippen LogP contribution in [0.3, 0.4) is 0 Å². The average molecular weight is 328 g/mol. The number of carbonyl (C=O) groups is 1. The molecule has 3 rings (SSSR count). The monoisotopic (exact) mass is 327 g/mol. The Morgan fingerprint density at radius 2 is 1.87 bits per heavy atom. The van der Waals surface area contributed by atoms with E-state index in [9.17, 15) is 4.79 Å². The minimum atomic E-state index is -0.420. The molecule has 1 heterocycles. The Hall–Kier alpha value is -2.59. The van der Waals surface area contributed by atoms with Gasteiger partial charge in [0.05, 0.1) is 18.2 Å². The highest BCUT2D eigenvalue weighted by Gasteiger charge is 2.10. The van der Waals surface area contributed by atoms with E-state index >= 15 is 0 Å². The molecule has 0 fully saturated rings. The number of hydrogen-bond acceptors (Lipinski definition) is 4. The van der Waals surface area contributed by atoms with Crippen LogP contribution in [0.1, 0.15) is 15.9 Å². The van der Waals surface area contributed by atoms with Crippen LogP contribution < -0.4 is 4.74 Å². The molecule has 0 spiro atoms. The maximum Gasteiger partial charge on any atom is 0.338 e. The first kappa shape index (κ1) is 15.3. The molecule has 3 aromatic rings. The number of fused-ring (bicyclic) bond motifs is 1. The minimum absolute atomic E-state index is 0.0710. The predicted molar refractivity (Wildman–Crippen MR) is 88.9 cm³/mol. The Morgan fingerprint density at radius 1 is 1.13 bits per heavy atom. The first-order chi connectivity index (χ1) is 11.2. The first-order valence-corrected chi connectivity index (χ1v) is 7.40. The van der Waals surface area contributed by atoms with Crippen molar-refractivity contribution < 1.29 is 14.3 Å². The Labute approximate surface area is 138 Å². The van der Waals surface area contributed by atoms with Crippen LogP contribution in [-0.2, 0) is 11.3 Å². The van der Waals surface area contributed by atoms with E-state index in [0.29, 0.717) is 22.0 Å². The summed E-state index contributed by atoms with van der Waals surface area (Å²) in [6.07, 6.45) is 0. The molecule has 0 unspecified atom stereocenters. The number of aromatic nitrogens is 1. The van der Waals surface area contributed by atoms with Crippen molar-refractivity contribution in [3.63, 3.8) is 0 Å². The third-order valence-electron chi connectivity index (χ3n) is 3.43. The number of nitrogens with zero attached hydrogens (tertiary/aromatic N) is 1. The molecule has 0 aliphatic heterocycles. The molecule has 1 aromatic heterocycles. The molecule has 5 heteroatoms. The number of pyridine rings is 1. The number of carbonyl (C=O) groups excluding carboxylic acids is 1. The lowest BCUT2D eigenvalue weighted by molar-refractivity contribution is 0.0472. The maximum absolute atomic E-state index is 12.1. The van der Waals surface area contributed by atoms with Gasteiger partial charge in [0.1, 0.15) is 17.5 Å². The topological polar surface area (TPSA) is 48.4 Å². The zero-order valence-corrected chi connectivity index (χ0v) is 13.2. The molecule has 0 radical (unpaired) electrons. The van der Waals surface area contributed by atoms with Gasteiger partial charge in [0.2, 0.25) is 0 Å². The van der Waals surface area contributed by atoms with Crippen molar-refractivity contribution in [1.82, 2.24) is 4.98 Å². The molecule has 0 aliphatic rings. The fourth-order valence-corrected chi connectivity index (χ4v) is 2.39. The van der Waals surface area contributed by atoms with Crippen LogP contribution in [0.25, 0.3) is 10.9 Å². The second kappa shape index (κ2) is 6.67. The van der Waals surface area contributed by atoms with Gasteiger partial charge in [0.25, 0.3) is 0 Å². The number of hydrogen-bond donors (Lipinski definition) is 0. The van der Waals surface area contributed by atoms with Crippen LogP contribution in [0.5, 0.6) is 5.75 Å². The highest BCUT2D eigenvalue weighted by molar-refractivity contribution is 6.30. The van der Waals surface area contributed by atoms with E-state index in [-0.39, 0.29) is 6.61 Å². The highest BCUT2D eigenvalue weighted by atomic mass is 35.5. The van der Waals surface area contributed by atoms with Gasteiger partial charge in [-0.1, -0.05) is 29.8 Å². The summed E-state index contributed by atoms with van der Waals surface area (Å²) in [5, 5.41) is 1.29. The minimum Gasteiger partial charge on any atom is -0.497 e. The molecule has 0 aliphatic carbocycles. The molecule has 116 valence electrons. The zero-order valence-electron chi connectivity index (χ0n) is 12.5. The van der Waals surface area contributed by atoms with E-state index < -0.39 is 5.97 Å². The Bertz CT molecular complexity index is 847. The lowest BCUT2D eigenvalue weighted by Crippen LogP contribution is -2.06. The summed E-state index contributed by atoms with van der Waals surface area (Å²) in [7, 11) is 1.57. The molecule has 0 bridgehead atoms. The molecule has 0 atom stereocenters. The number of rotatable bonds is 4. The summed E-state index contributed by atoms with van der Waals surface area (Å²) in [6.45, 7) is 0.0710. The molecule has 0 N–H and O–H groups in total. The number of ether oxygens (including phenoxy) is 2. The summed E-state index contributed by atoms with van der Waals surface area (Å²) < 4.78 is 10.4. The third-order valence-corrected chi connectivity index (χ3v) is 3.76. The van der Waals surface area contributed by atoms with E-state index in [1.54, 1.807) is 31.4 Å². The van der Waals surface area contributed by atoms with Gasteiger partial charge >= 0.3 is 5.97 Å². The average Bonchev–Trinajstić information content (AvgIpc) is 2.59. The molecule has 0 amide bonds. The summed E-state index contributed by atoms with van der Waals surface area (Å²) >= 11 is 6.15. The maximum atomic E-state index is 12.1. The standard InChI is InChI=1S/C18H14ClNO3/c1-22-15-8-6-12(7-9-15)18(21)23-11-14-10-13-4-2-3-5-16(13)20-17(14)19/h2-10H,11H2,1H3. The van der Waals surface area contributed by atoms with Crippen molar-refractivity contribution in [1.29, 1.82) is 0 Å². The number of para-hydroxylation sites is 1. The summed E-state index contributed by atoms with van der Waals surface area (Å²) in [6, 6.07) is 16.2. The fourth-order valence-electron chi connectivity index (χ4n) is 2.19. The van der Waals surface area contributed by atoms with Crippen molar-refractivity contribution >= 4 is 28.5 Å². The van der Waals surface area contributed by atoms with E-state index in [1.807, 2.05) is 30.3 Å². The largest absolute Gasteiger partial charge is 0.497 e. The van der Waals surface area contributed by atoms with E-state index in [4.69, 9.17) is 21.1 Å². The van der Waals surface area contributed by atoms with Crippen LogP contribution in [0, 0.1) is 0 Å². The first-order valence-electron chi connectivity index (χ1n) is 7.03. The van der Waals surface area contributed by atoms with Gasteiger partial charge in [-0.25, -0.2) is 9.78 Å². The van der Waals surface area contributed by atoms with Crippen molar-refractivity contribution in [3.05, 3.63) is 70.9 Å². The van der Waals surface area contributed by atoms with Crippen LogP contribution >= 0.6 is 11.6 Å². The smallest absolute Gasteiger partial charge is 0.338 e. The lowest BCUT2D eigenvalue weighted by atomic mass is 10.1. The fraction of sp³-hybridized carbons (Fsp3) is 0.111. The van der Waals surface area contributed by atoms with E-state index in [2.05, 4.69) is 4.98 Å². The van der Waals surface area contributed by atoms with Gasteiger partial charge < -0.3 is 9.47 Å². The van der Waals surface area contributed by atoms with Crippen molar-refractivity contribution in [2.45, 2.75) is 6.61 Å². The van der Waals surface area contributed by atoms with Crippen molar-refractivity contribution in [2.75, 3.05) is 7.11 Å². The predicted octanol–water partition coefficient (Wildman–Crippen LogP) is 4.25. The van der Waals surface area contributed by atoms with Crippen LogP contribution in [-0.4, -0.2) is 18.1 Å². The SMILES string of the molecule is COc1ccc(C(=O)OCc2cc3ccccc3nc2Cl)cc1. The Balaban J connectivity index is 1.74. The summed E-state index contributed by atoms with van der Waals surface area (Å²) in [4.78, 5) is 16.4. The second-order valence-electron chi connectivity index (χ2n) is 4.94. The van der Waals surface area contributed by atoms with Gasteiger partial charge in [-0.3, -0.25) is 0 Å². The van der Waals surface area contributed by atoms with Crippen molar-refractivity contribution in [3.8, 4) is 5.75 Å². The second-order valence-corrected chi connectivity index (χ2v) is 5.29. The van der Waals surface area contributed by atoms with Gasteiger partial charge in [0.15, 0.2) is 0 Å².